The maximum atomic E-state index is 12.0. The minimum absolute atomic E-state index is 0.214. The molecule has 6 heteroatoms. The molecule has 4 nitrogen and oxygen atoms in total. The first-order chi connectivity index (χ1) is 10.5. The number of hydrogen-bond donors (Lipinski definition) is 0. The lowest BCUT2D eigenvalue weighted by Crippen LogP contribution is -2.28. The van der Waals surface area contributed by atoms with Gasteiger partial charge in [0.2, 0.25) is 0 Å². The van der Waals surface area contributed by atoms with E-state index >= 15 is 0 Å². The molecule has 2 aromatic carbocycles. The first-order valence-electron chi connectivity index (χ1n) is 6.33. The Hall–Kier alpha value is -2.22. The van der Waals surface area contributed by atoms with E-state index in [0.29, 0.717) is 16.3 Å². The number of nitrogens with zero attached hydrogens (tertiary/aromatic N) is 1. The monoisotopic (exact) mass is 335 g/mol. The number of rotatable bonds is 4. The van der Waals surface area contributed by atoms with Crippen molar-refractivity contribution in [3.8, 4) is 17.6 Å². The van der Waals surface area contributed by atoms with E-state index in [-0.39, 0.29) is 10.8 Å². The molecule has 2 rings (SSSR count). The number of halogens is 2. The molecule has 112 valence electrons. The van der Waals surface area contributed by atoms with E-state index in [9.17, 15) is 4.79 Å². The van der Waals surface area contributed by atoms with Crippen LogP contribution in [0.15, 0.2) is 42.5 Å². The Morgan fingerprint density at radius 2 is 1.86 bits per heavy atom. The summed E-state index contributed by atoms with van der Waals surface area (Å²) in [5.74, 6) is 0.0885. The van der Waals surface area contributed by atoms with Crippen molar-refractivity contribution < 1.29 is 14.3 Å². The maximum absolute atomic E-state index is 12.0. The normalized spacial score (nSPS) is 11.4. The molecule has 0 fully saturated rings. The van der Waals surface area contributed by atoms with E-state index in [1.807, 2.05) is 6.07 Å². The van der Waals surface area contributed by atoms with Crippen LogP contribution in [-0.4, -0.2) is 12.1 Å². The van der Waals surface area contributed by atoms with Gasteiger partial charge in [-0.15, -0.1) is 0 Å². The van der Waals surface area contributed by atoms with Gasteiger partial charge in [0.1, 0.15) is 11.5 Å². The standard InChI is InChI=1S/C16H11Cl2NO3/c1-10(21-13-5-2-11(9-19)3-6-13)16(20)22-15-7-4-12(17)8-14(15)18/h2-8,10H,1H3. The number of nitriles is 1. The molecule has 0 bridgehead atoms. The average Bonchev–Trinajstić information content (AvgIpc) is 2.50. The first kappa shape index (κ1) is 16.2. The Bertz CT molecular complexity index is 723. The van der Waals surface area contributed by atoms with Gasteiger partial charge in [0.05, 0.1) is 16.7 Å². The third-order valence-corrected chi connectivity index (χ3v) is 3.26. The third kappa shape index (κ3) is 4.14. The summed E-state index contributed by atoms with van der Waals surface area (Å²) < 4.78 is 10.6. The summed E-state index contributed by atoms with van der Waals surface area (Å²) in [6.45, 7) is 1.56. The van der Waals surface area contributed by atoms with Crippen molar-refractivity contribution >= 4 is 29.2 Å². The van der Waals surface area contributed by atoms with Crippen LogP contribution in [0.1, 0.15) is 12.5 Å². The fourth-order valence-corrected chi connectivity index (χ4v) is 2.06. The summed E-state index contributed by atoms with van der Waals surface area (Å²) in [4.78, 5) is 12.0. The molecule has 2 aromatic rings. The molecule has 0 N–H and O–H groups in total. The highest BCUT2D eigenvalue weighted by molar-refractivity contribution is 6.35. The molecule has 0 aliphatic carbocycles. The summed E-state index contributed by atoms with van der Waals surface area (Å²) >= 11 is 11.7. The molecule has 0 amide bonds. The Morgan fingerprint density at radius 3 is 2.45 bits per heavy atom. The number of carbonyl (C=O) groups excluding carboxylic acids is 1. The Morgan fingerprint density at radius 1 is 1.18 bits per heavy atom. The second kappa shape index (κ2) is 7.17. The fraction of sp³-hybridized carbons (Fsp3) is 0.125. The van der Waals surface area contributed by atoms with Crippen molar-refractivity contribution in [2.24, 2.45) is 0 Å². The molecule has 0 saturated carbocycles. The summed E-state index contributed by atoms with van der Waals surface area (Å²) in [7, 11) is 0. The number of carbonyl (C=O) groups is 1. The topological polar surface area (TPSA) is 59.3 Å². The Balaban J connectivity index is 2.01. The molecule has 0 heterocycles. The molecule has 1 atom stereocenters. The average molecular weight is 336 g/mol. The van der Waals surface area contributed by atoms with Crippen LogP contribution in [0.3, 0.4) is 0 Å². The van der Waals surface area contributed by atoms with Gasteiger partial charge in [0.15, 0.2) is 6.10 Å². The third-order valence-electron chi connectivity index (χ3n) is 2.73. The zero-order valence-corrected chi connectivity index (χ0v) is 13.1. The van der Waals surface area contributed by atoms with Crippen LogP contribution in [0.25, 0.3) is 0 Å². The molecule has 0 saturated heterocycles. The Labute approximate surface area is 137 Å². The van der Waals surface area contributed by atoms with Crippen molar-refractivity contribution in [2.75, 3.05) is 0 Å². The first-order valence-corrected chi connectivity index (χ1v) is 7.09. The molecule has 0 aliphatic rings. The van der Waals surface area contributed by atoms with Crippen LogP contribution in [-0.2, 0) is 4.79 Å². The van der Waals surface area contributed by atoms with Crippen LogP contribution in [0.2, 0.25) is 10.0 Å². The summed E-state index contributed by atoms with van der Waals surface area (Å²) in [6, 6.07) is 13.0. The molecule has 0 spiro atoms. The molecule has 0 aliphatic heterocycles. The van der Waals surface area contributed by atoms with E-state index in [1.165, 1.54) is 12.1 Å². The van der Waals surface area contributed by atoms with Gasteiger partial charge in [-0.25, -0.2) is 4.79 Å². The van der Waals surface area contributed by atoms with Gasteiger partial charge in [-0.1, -0.05) is 23.2 Å². The van der Waals surface area contributed by atoms with E-state index < -0.39 is 12.1 Å². The summed E-state index contributed by atoms with van der Waals surface area (Å²) in [5.41, 5.74) is 0.510. The SMILES string of the molecule is CC(Oc1ccc(C#N)cc1)C(=O)Oc1ccc(Cl)cc1Cl. The zero-order chi connectivity index (χ0) is 16.1. The van der Waals surface area contributed by atoms with Crippen LogP contribution < -0.4 is 9.47 Å². The minimum atomic E-state index is -0.834. The second-order valence-electron chi connectivity index (χ2n) is 4.39. The molecule has 1 unspecified atom stereocenters. The second-order valence-corrected chi connectivity index (χ2v) is 5.24. The Kier molecular flexibility index (Phi) is 5.26. The predicted molar refractivity (Wildman–Crippen MR) is 83.3 cm³/mol. The smallest absolute Gasteiger partial charge is 0.352 e. The van der Waals surface area contributed by atoms with Gasteiger partial charge < -0.3 is 9.47 Å². The molecule has 0 aromatic heterocycles. The van der Waals surface area contributed by atoms with Crippen molar-refractivity contribution in [3.63, 3.8) is 0 Å². The minimum Gasteiger partial charge on any atom is -0.479 e. The maximum Gasteiger partial charge on any atom is 0.352 e. The number of hydrogen-bond acceptors (Lipinski definition) is 4. The van der Waals surface area contributed by atoms with Crippen LogP contribution in [0.5, 0.6) is 11.5 Å². The predicted octanol–water partition coefficient (Wildman–Crippen LogP) is 4.24. The highest BCUT2D eigenvalue weighted by atomic mass is 35.5. The van der Waals surface area contributed by atoms with E-state index in [2.05, 4.69) is 0 Å². The van der Waals surface area contributed by atoms with E-state index in [0.717, 1.165) is 0 Å². The highest BCUT2D eigenvalue weighted by Gasteiger charge is 2.18. The molecular formula is C16H11Cl2NO3. The number of benzene rings is 2. The largest absolute Gasteiger partial charge is 0.479 e. The summed E-state index contributed by atoms with van der Waals surface area (Å²) in [6.07, 6.45) is -0.834. The number of ether oxygens (including phenoxy) is 2. The van der Waals surface area contributed by atoms with Crippen LogP contribution in [0, 0.1) is 11.3 Å². The van der Waals surface area contributed by atoms with Gasteiger partial charge in [-0.3, -0.25) is 0 Å². The highest BCUT2D eigenvalue weighted by Crippen LogP contribution is 2.28. The van der Waals surface area contributed by atoms with Crippen molar-refractivity contribution in [3.05, 3.63) is 58.1 Å². The number of esters is 1. The summed E-state index contributed by atoms with van der Waals surface area (Å²) in [5, 5.41) is 9.41. The van der Waals surface area contributed by atoms with Crippen molar-refractivity contribution in [2.45, 2.75) is 13.0 Å². The quantitative estimate of drug-likeness (QED) is 0.619. The lowest BCUT2D eigenvalue weighted by atomic mass is 10.2. The van der Waals surface area contributed by atoms with Crippen molar-refractivity contribution in [1.82, 2.24) is 0 Å². The molecular weight excluding hydrogens is 325 g/mol. The lowest BCUT2D eigenvalue weighted by Gasteiger charge is -2.14. The van der Waals surface area contributed by atoms with Gasteiger partial charge in [0, 0.05) is 5.02 Å². The van der Waals surface area contributed by atoms with E-state index in [4.69, 9.17) is 37.9 Å². The molecule has 0 radical (unpaired) electrons. The van der Waals surface area contributed by atoms with Gasteiger partial charge >= 0.3 is 5.97 Å². The zero-order valence-electron chi connectivity index (χ0n) is 11.5. The van der Waals surface area contributed by atoms with Gasteiger partial charge in [0.25, 0.3) is 0 Å². The van der Waals surface area contributed by atoms with Crippen LogP contribution >= 0.6 is 23.2 Å². The van der Waals surface area contributed by atoms with Gasteiger partial charge in [-0.05, 0) is 49.4 Å². The van der Waals surface area contributed by atoms with Gasteiger partial charge in [-0.2, -0.15) is 5.26 Å². The van der Waals surface area contributed by atoms with Crippen LogP contribution in [0.4, 0.5) is 0 Å². The molecule has 22 heavy (non-hydrogen) atoms. The van der Waals surface area contributed by atoms with Crippen molar-refractivity contribution in [1.29, 1.82) is 5.26 Å². The lowest BCUT2D eigenvalue weighted by molar-refractivity contribution is -0.141. The fourth-order valence-electron chi connectivity index (χ4n) is 1.61. The van der Waals surface area contributed by atoms with E-state index in [1.54, 1.807) is 37.3 Å².